The van der Waals surface area contributed by atoms with Crippen molar-refractivity contribution in [1.29, 1.82) is 0 Å². The summed E-state index contributed by atoms with van der Waals surface area (Å²) in [6, 6.07) is 15.0. The van der Waals surface area contributed by atoms with Gasteiger partial charge in [0.2, 0.25) is 0 Å². The van der Waals surface area contributed by atoms with E-state index < -0.39 is 24.3 Å². The lowest BCUT2D eigenvalue weighted by Crippen LogP contribution is -2.23. The summed E-state index contributed by atoms with van der Waals surface area (Å²) in [5.41, 5.74) is 4.97. The molecule has 224 valence electrons. The number of pyridine rings is 2. The lowest BCUT2D eigenvalue weighted by molar-refractivity contribution is -0.193. The van der Waals surface area contributed by atoms with Gasteiger partial charge in [-0.05, 0) is 54.8 Å². The van der Waals surface area contributed by atoms with Crippen molar-refractivity contribution in [2.75, 3.05) is 6.54 Å². The number of hydrogen-bond acceptors (Lipinski definition) is 6. The predicted octanol–water partition coefficient (Wildman–Crippen LogP) is 5.53. The maximum Gasteiger partial charge on any atom is 0.490 e. The van der Waals surface area contributed by atoms with Gasteiger partial charge in [0.15, 0.2) is 0 Å². The Balaban J connectivity index is 0.000000289. The second kappa shape index (κ2) is 13.4. The van der Waals surface area contributed by atoms with Crippen molar-refractivity contribution < 1.29 is 50.5 Å². The van der Waals surface area contributed by atoms with Crippen LogP contribution in [0.5, 0.6) is 0 Å². The van der Waals surface area contributed by atoms with Gasteiger partial charge >= 0.3 is 24.3 Å². The lowest BCUT2D eigenvalue weighted by atomic mass is 10.1. The average molecular weight is 601 g/mol. The minimum Gasteiger partial charge on any atom is -0.475 e. The van der Waals surface area contributed by atoms with E-state index in [0.29, 0.717) is 0 Å². The molecule has 1 fully saturated rings. The van der Waals surface area contributed by atoms with Gasteiger partial charge in [0.05, 0.1) is 11.6 Å². The molecule has 1 atom stereocenters. The number of benzene rings is 1. The van der Waals surface area contributed by atoms with Crippen LogP contribution in [0.15, 0.2) is 67.1 Å². The van der Waals surface area contributed by atoms with Crippen LogP contribution in [0, 0.1) is 5.82 Å². The summed E-state index contributed by atoms with van der Waals surface area (Å²) in [4.78, 5) is 24.5. The molecule has 1 saturated heterocycles. The Morgan fingerprint density at radius 1 is 0.929 bits per heavy atom. The van der Waals surface area contributed by atoms with Crippen LogP contribution < -0.4 is 0 Å². The van der Waals surface area contributed by atoms with E-state index in [1.807, 2.05) is 36.7 Å². The number of alkyl halides is 6. The molecule has 4 aromatic rings. The highest BCUT2D eigenvalue weighted by Crippen LogP contribution is 2.34. The number of carboxylic acid groups (broad SMARTS) is 2. The number of likely N-dealkylation sites (tertiary alicyclic amines) is 1. The van der Waals surface area contributed by atoms with Crippen LogP contribution in [-0.4, -0.2) is 65.8 Å². The second-order valence-electron chi connectivity index (χ2n) is 8.83. The van der Waals surface area contributed by atoms with E-state index in [9.17, 15) is 30.7 Å². The molecule has 1 aliphatic rings. The van der Waals surface area contributed by atoms with E-state index in [0.717, 1.165) is 48.3 Å². The molecule has 0 bridgehead atoms. The monoisotopic (exact) mass is 601 g/mol. The Bertz CT molecular complexity index is 1490. The fraction of sp³-hybridized carbons (Fsp3) is 0.269. The SMILES string of the molecule is Fc1cccc(-c2ccc3c(C4CCCN4Cc4cccnc4)nnn3c2)c1.O=C(O)C(F)(F)F.O=C(O)C(F)(F)F. The third-order valence-electron chi connectivity index (χ3n) is 5.87. The smallest absolute Gasteiger partial charge is 0.475 e. The number of aromatic nitrogens is 4. The summed E-state index contributed by atoms with van der Waals surface area (Å²) >= 11 is 0. The first-order valence-electron chi connectivity index (χ1n) is 12.0. The molecule has 0 radical (unpaired) electrons. The molecular weight excluding hydrogens is 579 g/mol. The van der Waals surface area contributed by atoms with E-state index in [2.05, 4.69) is 26.3 Å². The summed E-state index contributed by atoms with van der Waals surface area (Å²) in [5.74, 6) is -5.76. The van der Waals surface area contributed by atoms with E-state index >= 15 is 0 Å². The molecule has 0 spiro atoms. The number of aliphatic carboxylic acids is 2. The molecule has 16 heteroatoms. The first-order valence-corrected chi connectivity index (χ1v) is 12.0. The molecule has 0 aliphatic carbocycles. The number of nitrogens with zero attached hydrogens (tertiary/aromatic N) is 5. The van der Waals surface area contributed by atoms with Crippen molar-refractivity contribution in [2.45, 2.75) is 37.8 Å². The molecule has 0 saturated carbocycles. The fourth-order valence-corrected chi connectivity index (χ4v) is 4.04. The summed E-state index contributed by atoms with van der Waals surface area (Å²) in [6.07, 6.45) is -2.31. The standard InChI is InChI=1S/C22H20FN5.2C2HF3O2/c23-19-6-1-5-17(12-19)18-8-9-21-22(25-26-28(21)15-18)20-7-3-11-27(20)14-16-4-2-10-24-13-16;2*3-2(4,5)1(6)7/h1-2,4-6,8-10,12-13,15,20H,3,7,11,14H2;2*(H,6,7). The largest absolute Gasteiger partial charge is 0.490 e. The summed E-state index contributed by atoms with van der Waals surface area (Å²) in [6.45, 7) is 1.90. The van der Waals surface area contributed by atoms with Gasteiger partial charge in [0.1, 0.15) is 11.5 Å². The van der Waals surface area contributed by atoms with Crippen LogP contribution in [0.25, 0.3) is 16.6 Å². The Labute approximate surface area is 232 Å². The summed E-state index contributed by atoms with van der Waals surface area (Å²) < 4.78 is 78.8. The maximum absolute atomic E-state index is 13.6. The average Bonchev–Trinajstić information content (AvgIpc) is 3.55. The first kappa shape index (κ1) is 31.9. The van der Waals surface area contributed by atoms with Gasteiger partial charge in [-0.15, -0.1) is 5.10 Å². The number of hydrogen-bond donors (Lipinski definition) is 2. The molecule has 1 aromatic carbocycles. The van der Waals surface area contributed by atoms with Gasteiger partial charge in [-0.2, -0.15) is 26.3 Å². The number of halogens is 7. The van der Waals surface area contributed by atoms with Crippen LogP contribution in [0.1, 0.15) is 30.1 Å². The van der Waals surface area contributed by atoms with Crippen LogP contribution in [-0.2, 0) is 16.1 Å². The van der Waals surface area contributed by atoms with Crippen LogP contribution in [0.4, 0.5) is 30.7 Å². The minimum atomic E-state index is -5.08. The Kier molecular flexibility index (Phi) is 10.2. The number of fused-ring (bicyclic) bond motifs is 1. The van der Waals surface area contributed by atoms with Crippen molar-refractivity contribution in [2.24, 2.45) is 0 Å². The molecule has 1 aliphatic heterocycles. The van der Waals surface area contributed by atoms with Crippen molar-refractivity contribution in [3.63, 3.8) is 0 Å². The van der Waals surface area contributed by atoms with Crippen LogP contribution in [0.3, 0.4) is 0 Å². The van der Waals surface area contributed by atoms with Gasteiger partial charge in [0.25, 0.3) is 0 Å². The second-order valence-corrected chi connectivity index (χ2v) is 8.83. The highest BCUT2D eigenvalue weighted by Gasteiger charge is 2.39. The van der Waals surface area contributed by atoms with Crippen molar-refractivity contribution >= 4 is 17.5 Å². The van der Waals surface area contributed by atoms with E-state index in [1.54, 1.807) is 16.8 Å². The van der Waals surface area contributed by atoms with Crippen LogP contribution in [0.2, 0.25) is 0 Å². The molecule has 1 unspecified atom stereocenters. The quantitative estimate of drug-likeness (QED) is 0.293. The minimum absolute atomic E-state index is 0.242. The molecule has 9 nitrogen and oxygen atoms in total. The molecule has 42 heavy (non-hydrogen) atoms. The molecular formula is C26H22F7N5O4. The predicted molar refractivity (Wildman–Crippen MR) is 132 cm³/mol. The van der Waals surface area contributed by atoms with Gasteiger partial charge in [0, 0.05) is 30.7 Å². The Morgan fingerprint density at radius 3 is 2.17 bits per heavy atom. The molecule has 4 heterocycles. The summed E-state index contributed by atoms with van der Waals surface area (Å²) in [5, 5.41) is 23.1. The number of rotatable bonds is 4. The molecule has 0 amide bonds. The topological polar surface area (TPSA) is 121 Å². The zero-order valence-electron chi connectivity index (χ0n) is 21.3. The van der Waals surface area contributed by atoms with Gasteiger partial charge in [-0.1, -0.05) is 29.5 Å². The maximum atomic E-state index is 13.6. The Hall–Kier alpha value is -4.60. The highest BCUT2D eigenvalue weighted by molar-refractivity contribution is 5.73. The van der Waals surface area contributed by atoms with Crippen molar-refractivity contribution in [3.8, 4) is 11.1 Å². The molecule has 3 aromatic heterocycles. The van der Waals surface area contributed by atoms with Crippen molar-refractivity contribution in [1.82, 2.24) is 24.7 Å². The Morgan fingerprint density at radius 2 is 1.60 bits per heavy atom. The highest BCUT2D eigenvalue weighted by atomic mass is 19.4. The third kappa shape index (κ3) is 8.70. The van der Waals surface area contributed by atoms with Gasteiger partial charge in [-0.3, -0.25) is 9.88 Å². The van der Waals surface area contributed by atoms with Crippen molar-refractivity contribution in [3.05, 3.63) is 84.2 Å². The zero-order valence-corrected chi connectivity index (χ0v) is 21.3. The fourth-order valence-electron chi connectivity index (χ4n) is 4.04. The van der Waals surface area contributed by atoms with Gasteiger partial charge in [-0.25, -0.2) is 18.5 Å². The van der Waals surface area contributed by atoms with Crippen LogP contribution >= 0.6 is 0 Å². The lowest BCUT2D eigenvalue weighted by Gasteiger charge is -2.22. The van der Waals surface area contributed by atoms with Gasteiger partial charge < -0.3 is 10.2 Å². The normalized spacial score (nSPS) is 15.4. The number of carboxylic acids is 2. The third-order valence-corrected chi connectivity index (χ3v) is 5.87. The molecule has 2 N–H and O–H groups in total. The summed E-state index contributed by atoms with van der Waals surface area (Å²) in [7, 11) is 0. The first-order chi connectivity index (χ1) is 19.7. The number of carbonyl (C=O) groups is 2. The van der Waals surface area contributed by atoms with E-state index in [1.165, 1.54) is 17.7 Å². The van der Waals surface area contributed by atoms with E-state index in [4.69, 9.17) is 19.8 Å². The zero-order chi connectivity index (χ0) is 31.1. The molecule has 5 rings (SSSR count). The van der Waals surface area contributed by atoms with E-state index in [-0.39, 0.29) is 11.9 Å².